The van der Waals surface area contributed by atoms with Crippen LogP contribution >= 0.6 is 15.9 Å². The van der Waals surface area contributed by atoms with Crippen LogP contribution in [0.1, 0.15) is 16.7 Å². The molecule has 0 saturated carbocycles. The highest BCUT2D eigenvalue weighted by Crippen LogP contribution is 2.39. The van der Waals surface area contributed by atoms with E-state index in [2.05, 4.69) is 26.0 Å². The highest BCUT2D eigenvalue weighted by molar-refractivity contribution is 9.10. The summed E-state index contributed by atoms with van der Waals surface area (Å²) in [6, 6.07) is 9.79. The van der Waals surface area contributed by atoms with Gasteiger partial charge >= 0.3 is 6.61 Å². The van der Waals surface area contributed by atoms with Gasteiger partial charge in [-0.05, 0) is 63.8 Å². The largest absolute Gasteiger partial charge is 0.435 e. The van der Waals surface area contributed by atoms with E-state index in [9.17, 15) is 13.2 Å². The number of hydrogen-bond acceptors (Lipinski definition) is 3. The first-order valence-electron chi connectivity index (χ1n) is 7.55. The lowest BCUT2D eigenvalue weighted by atomic mass is 9.75. The maximum absolute atomic E-state index is 13.6. The Morgan fingerprint density at radius 1 is 1.20 bits per heavy atom. The molecule has 25 heavy (non-hydrogen) atoms. The van der Waals surface area contributed by atoms with E-state index in [1.54, 1.807) is 31.2 Å². The molecule has 7 heteroatoms. The van der Waals surface area contributed by atoms with Crippen molar-refractivity contribution in [3.63, 3.8) is 0 Å². The zero-order valence-electron chi connectivity index (χ0n) is 13.3. The van der Waals surface area contributed by atoms with E-state index in [0.29, 0.717) is 22.4 Å². The van der Waals surface area contributed by atoms with E-state index in [0.717, 1.165) is 11.1 Å². The topological polar surface area (TPSA) is 47.3 Å². The monoisotopic (exact) mass is 412 g/mol. The highest BCUT2D eigenvalue weighted by atomic mass is 79.9. The molecule has 0 radical (unpaired) electrons. The molecule has 1 unspecified atom stereocenters. The molecule has 2 aromatic rings. The van der Waals surface area contributed by atoms with Gasteiger partial charge in [0.2, 0.25) is 0 Å². The Bertz CT molecular complexity index is 841. The molecule has 1 aliphatic heterocycles. The minimum absolute atomic E-state index is 0.122. The second-order valence-electron chi connectivity index (χ2n) is 5.91. The van der Waals surface area contributed by atoms with Gasteiger partial charge in [-0.2, -0.15) is 8.78 Å². The first-order valence-corrected chi connectivity index (χ1v) is 8.35. The Labute approximate surface area is 151 Å². The van der Waals surface area contributed by atoms with E-state index in [1.807, 2.05) is 6.08 Å². The second-order valence-corrected chi connectivity index (χ2v) is 6.77. The van der Waals surface area contributed by atoms with Gasteiger partial charge in [0.15, 0.2) is 0 Å². The van der Waals surface area contributed by atoms with Crippen molar-refractivity contribution in [1.82, 2.24) is 5.32 Å². The third-order valence-corrected chi connectivity index (χ3v) is 4.92. The fourth-order valence-corrected chi connectivity index (χ4v) is 3.45. The zero-order chi connectivity index (χ0) is 18.2. The Hall–Kier alpha value is -2.15. The van der Waals surface area contributed by atoms with Gasteiger partial charge in [0, 0.05) is 6.54 Å². The van der Waals surface area contributed by atoms with Crippen LogP contribution in [-0.4, -0.2) is 13.2 Å². The molecule has 2 aromatic carbocycles. The summed E-state index contributed by atoms with van der Waals surface area (Å²) >= 11 is 3.21. The Morgan fingerprint density at radius 3 is 2.44 bits per heavy atom. The fourth-order valence-electron chi connectivity index (χ4n) is 3.08. The van der Waals surface area contributed by atoms with Crippen molar-refractivity contribution in [3.8, 4) is 5.75 Å². The number of benzene rings is 2. The van der Waals surface area contributed by atoms with E-state index in [1.165, 1.54) is 12.1 Å². The molecule has 3 N–H and O–H groups in total. The SMILES string of the molecule is Cc1cc(C2(c3ccc(F)c(Br)c3)C=C(N)NC2)ccc1OC(F)F. The van der Waals surface area contributed by atoms with Crippen molar-refractivity contribution in [3.05, 3.63) is 75.3 Å². The molecule has 1 atom stereocenters. The van der Waals surface area contributed by atoms with Crippen LogP contribution in [0, 0.1) is 12.7 Å². The lowest BCUT2D eigenvalue weighted by molar-refractivity contribution is -0.0503. The first kappa shape index (κ1) is 17.7. The average Bonchev–Trinajstić information content (AvgIpc) is 2.95. The van der Waals surface area contributed by atoms with E-state index in [-0.39, 0.29) is 11.6 Å². The van der Waals surface area contributed by atoms with Gasteiger partial charge in [0.1, 0.15) is 11.6 Å². The molecule has 0 aromatic heterocycles. The summed E-state index contributed by atoms with van der Waals surface area (Å²) in [6.07, 6.45) is 1.86. The number of ether oxygens (including phenoxy) is 1. The lowest BCUT2D eigenvalue weighted by Crippen LogP contribution is -2.31. The van der Waals surface area contributed by atoms with Crippen LogP contribution in [0.5, 0.6) is 5.75 Å². The number of rotatable bonds is 4. The Morgan fingerprint density at radius 2 is 1.88 bits per heavy atom. The fraction of sp³-hybridized carbons (Fsp3) is 0.222. The second kappa shape index (κ2) is 6.63. The van der Waals surface area contributed by atoms with Crippen LogP contribution < -0.4 is 15.8 Å². The summed E-state index contributed by atoms with van der Waals surface area (Å²) in [5, 5.41) is 3.09. The van der Waals surface area contributed by atoms with E-state index in [4.69, 9.17) is 5.73 Å². The Kier molecular flexibility index (Phi) is 4.69. The summed E-state index contributed by atoms with van der Waals surface area (Å²) in [6.45, 7) is -0.702. The molecule has 0 aliphatic carbocycles. The highest BCUT2D eigenvalue weighted by Gasteiger charge is 2.37. The summed E-state index contributed by atoms with van der Waals surface area (Å²) in [7, 11) is 0. The predicted octanol–water partition coefficient (Wildman–Crippen LogP) is 4.19. The quantitative estimate of drug-likeness (QED) is 0.791. The smallest absolute Gasteiger partial charge is 0.387 e. The summed E-state index contributed by atoms with van der Waals surface area (Å²) < 4.78 is 43.4. The van der Waals surface area contributed by atoms with Crippen LogP contribution in [-0.2, 0) is 5.41 Å². The first-order chi connectivity index (χ1) is 11.8. The van der Waals surface area contributed by atoms with E-state index < -0.39 is 12.0 Å². The number of nitrogens with two attached hydrogens (primary N) is 1. The standard InChI is InChI=1S/C18H16BrF3N2O/c1-10-6-11(3-5-15(10)25-17(21)22)18(8-16(23)24-9-18)12-2-4-14(20)13(19)7-12/h2-8,17,24H,9,23H2,1H3. The molecule has 0 fully saturated rings. The van der Waals surface area contributed by atoms with Gasteiger partial charge < -0.3 is 15.8 Å². The van der Waals surface area contributed by atoms with Gasteiger partial charge in [-0.25, -0.2) is 4.39 Å². The number of nitrogens with one attached hydrogen (secondary N) is 1. The van der Waals surface area contributed by atoms with Crippen LogP contribution in [0.4, 0.5) is 13.2 Å². The molecule has 1 heterocycles. The maximum atomic E-state index is 13.6. The van der Waals surface area contributed by atoms with Crippen LogP contribution in [0.3, 0.4) is 0 Å². The van der Waals surface area contributed by atoms with Crippen LogP contribution in [0.15, 0.2) is 52.8 Å². The lowest BCUT2D eigenvalue weighted by Gasteiger charge is -2.29. The van der Waals surface area contributed by atoms with Crippen molar-refractivity contribution in [2.75, 3.05) is 6.54 Å². The van der Waals surface area contributed by atoms with Gasteiger partial charge in [0.05, 0.1) is 15.7 Å². The molecular weight excluding hydrogens is 397 g/mol. The molecule has 1 aliphatic rings. The predicted molar refractivity (Wildman–Crippen MR) is 93.0 cm³/mol. The minimum Gasteiger partial charge on any atom is -0.435 e. The van der Waals surface area contributed by atoms with Crippen molar-refractivity contribution in [1.29, 1.82) is 0 Å². The molecule has 0 amide bonds. The van der Waals surface area contributed by atoms with Gasteiger partial charge in [-0.3, -0.25) is 0 Å². The Balaban J connectivity index is 2.11. The molecule has 132 valence electrons. The summed E-state index contributed by atoms with van der Waals surface area (Å²) in [4.78, 5) is 0. The van der Waals surface area contributed by atoms with Crippen LogP contribution in [0.25, 0.3) is 0 Å². The number of hydrogen-bond donors (Lipinski definition) is 2. The number of alkyl halides is 2. The van der Waals surface area contributed by atoms with Gasteiger partial charge in [-0.1, -0.05) is 18.2 Å². The van der Waals surface area contributed by atoms with E-state index >= 15 is 0 Å². The van der Waals surface area contributed by atoms with Gasteiger partial charge in [0.25, 0.3) is 0 Å². The van der Waals surface area contributed by atoms with Gasteiger partial charge in [-0.15, -0.1) is 0 Å². The third kappa shape index (κ3) is 3.33. The summed E-state index contributed by atoms with van der Waals surface area (Å²) in [5.41, 5.74) is 7.55. The van der Waals surface area contributed by atoms with Crippen molar-refractivity contribution >= 4 is 15.9 Å². The molecule has 0 spiro atoms. The molecular formula is C18H16BrF3N2O. The average molecular weight is 413 g/mol. The maximum Gasteiger partial charge on any atom is 0.387 e. The normalized spacial score (nSPS) is 19.7. The molecule has 3 nitrogen and oxygen atoms in total. The van der Waals surface area contributed by atoms with Crippen molar-refractivity contribution in [2.45, 2.75) is 19.0 Å². The third-order valence-electron chi connectivity index (χ3n) is 4.31. The van der Waals surface area contributed by atoms with Crippen molar-refractivity contribution < 1.29 is 17.9 Å². The molecule has 0 bridgehead atoms. The molecule has 0 saturated heterocycles. The van der Waals surface area contributed by atoms with Crippen molar-refractivity contribution in [2.24, 2.45) is 5.73 Å². The van der Waals surface area contributed by atoms with Crippen LogP contribution in [0.2, 0.25) is 0 Å². The number of halogens is 4. The summed E-state index contributed by atoms with van der Waals surface area (Å²) in [5.74, 6) is 0.266. The zero-order valence-corrected chi connectivity index (χ0v) is 14.9. The minimum atomic E-state index is -2.88. The number of aryl methyl sites for hydroxylation is 1. The molecule has 3 rings (SSSR count).